The highest BCUT2D eigenvalue weighted by atomic mass is 16.6. The Morgan fingerprint density at radius 3 is 2.43 bits per heavy atom. The van der Waals surface area contributed by atoms with E-state index in [0.717, 1.165) is 51.7 Å². The smallest absolute Gasteiger partial charge is 0.333 e. The van der Waals surface area contributed by atoms with Crippen LogP contribution in [0.3, 0.4) is 0 Å². The topological polar surface area (TPSA) is 44.8 Å². The van der Waals surface area contributed by atoms with Crippen molar-refractivity contribution in [2.45, 2.75) is 75.6 Å². The van der Waals surface area contributed by atoms with Gasteiger partial charge in [-0.05, 0) is 63.7 Å². The molecule has 128 valence electrons. The molecule has 1 saturated heterocycles. The van der Waals surface area contributed by atoms with Gasteiger partial charge in [-0.1, -0.05) is 6.58 Å². The van der Waals surface area contributed by atoms with E-state index >= 15 is 0 Å². The van der Waals surface area contributed by atoms with Crippen LogP contribution in [0.25, 0.3) is 0 Å². The number of ether oxygens (including phenoxy) is 3. The van der Waals surface area contributed by atoms with Gasteiger partial charge < -0.3 is 14.2 Å². The fourth-order valence-electron chi connectivity index (χ4n) is 5.59. The van der Waals surface area contributed by atoms with E-state index in [1.807, 2.05) is 0 Å². The van der Waals surface area contributed by atoms with Crippen LogP contribution in [-0.4, -0.2) is 36.5 Å². The molecule has 4 heteroatoms. The van der Waals surface area contributed by atoms with Crippen molar-refractivity contribution < 1.29 is 19.0 Å². The van der Waals surface area contributed by atoms with E-state index in [9.17, 15) is 4.79 Å². The van der Waals surface area contributed by atoms with Crippen LogP contribution in [0.2, 0.25) is 0 Å². The summed E-state index contributed by atoms with van der Waals surface area (Å²) in [4.78, 5) is 12.1. The average molecular weight is 320 g/mol. The molecule has 0 spiro atoms. The van der Waals surface area contributed by atoms with Crippen molar-refractivity contribution in [3.8, 4) is 0 Å². The van der Waals surface area contributed by atoms with Crippen molar-refractivity contribution >= 4 is 5.97 Å². The predicted octanol–water partition coefficient (Wildman–Crippen LogP) is 3.39. The van der Waals surface area contributed by atoms with E-state index in [-0.39, 0.29) is 17.2 Å². The minimum absolute atomic E-state index is 0.0663. The summed E-state index contributed by atoms with van der Waals surface area (Å²) >= 11 is 0. The molecular weight excluding hydrogens is 292 g/mol. The van der Waals surface area contributed by atoms with Gasteiger partial charge in [0.25, 0.3) is 0 Å². The van der Waals surface area contributed by atoms with E-state index in [2.05, 4.69) is 6.58 Å². The SMILES string of the molecule is C=C(C)C(=O)OC12CC3CC(CC(OCCC4CCO4)(C3)C1)C2. The molecule has 1 heterocycles. The van der Waals surface area contributed by atoms with Gasteiger partial charge in [-0.3, -0.25) is 0 Å². The molecule has 0 amide bonds. The second-order valence-electron chi connectivity index (χ2n) is 8.42. The number of rotatable bonds is 6. The fraction of sp³-hybridized carbons (Fsp3) is 0.842. The first kappa shape index (κ1) is 15.6. The van der Waals surface area contributed by atoms with Gasteiger partial charge in [-0.25, -0.2) is 4.79 Å². The zero-order chi connectivity index (χ0) is 16.1. The van der Waals surface area contributed by atoms with Gasteiger partial charge in [0.05, 0.1) is 11.7 Å². The van der Waals surface area contributed by atoms with Crippen LogP contribution < -0.4 is 0 Å². The van der Waals surface area contributed by atoms with Gasteiger partial charge in [0.1, 0.15) is 5.60 Å². The van der Waals surface area contributed by atoms with E-state index < -0.39 is 0 Å². The highest BCUT2D eigenvalue weighted by molar-refractivity contribution is 5.87. The molecular formula is C19H28O4. The van der Waals surface area contributed by atoms with Crippen LogP contribution in [0.1, 0.15) is 58.3 Å². The first-order chi connectivity index (χ1) is 11.0. The number of hydrogen-bond acceptors (Lipinski definition) is 4. The Labute approximate surface area is 138 Å². The summed E-state index contributed by atoms with van der Waals surface area (Å²) in [6, 6.07) is 0. The summed E-state index contributed by atoms with van der Waals surface area (Å²) in [7, 11) is 0. The monoisotopic (exact) mass is 320 g/mol. The second-order valence-corrected chi connectivity index (χ2v) is 8.42. The van der Waals surface area contributed by atoms with Crippen LogP contribution in [-0.2, 0) is 19.0 Å². The lowest BCUT2D eigenvalue weighted by Crippen LogP contribution is -2.61. The molecule has 0 N–H and O–H groups in total. The largest absolute Gasteiger partial charge is 0.456 e. The van der Waals surface area contributed by atoms with Gasteiger partial charge >= 0.3 is 5.97 Å². The van der Waals surface area contributed by atoms with Crippen molar-refractivity contribution in [2.75, 3.05) is 13.2 Å². The molecule has 0 aromatic rings. The molecule has 5 rings (SSSR count). The second kappa shape index (κ2) is 5.59. The molecule has 4 nitrogen and oxygen atoms in total. The highest BCUT2D eigenvalue weighted by Gasteiger charge is 2.60. The lowest BCUT2D eigenvalue weighted by atomic mass is 9.52. The maximum Gasteiger partial charge on any atom is 0.333 e. The first-order valence-electron chi connectivity index (χ1n) is 9.12. The summed E-state index contributed by atoms with van der Waals surface area (Å²) in [6.07, 6.45) is 9.03. The maximum atomic E-state index is 12.1. The standard InChI is InChI=1S/C19H28O4/c1-13(2)17(20)23-19-10-14-7-15(11-19)9-18(8-14,12-19)22-6-4-16-3-5-21-16/h14-16H,1,3-12H2,2H3. The quantitative estimate of drug-likeness (QED) is 0.556. The molecule has 0 aromatic heterocycles. The minimum atomic E-state index is -0.299. The minimum Gasteiger partial charge on any atom is -0.456 e. The molecule has 5 aliphatic rings. The first-order valence-corrected chi connectivity index (χ1v) is 9.12. The number of hydrogen-bond donors (Lipinski definition) is 0. The van der Waals surface area contributed by atoms with E-state index in [1.165, 1.54) is 12.8 Å². The molecule has 3 atom stereocenters. The third-order valence-corrected chi connectivity index (χ3v) is 6.25. The molecule has 4 bridgehead atoms. The van der Waals surface area contributed by atoms with E-state index in [0.29, 0.717) is 23.5 Å². The number of esters is 1. The van der Waals surface area contributed by atoms with E-state index in [1.54, 1.807) is 6.92 Å². The fourth-order valence-corrected chi connectivity index (χ4v) is 5.59. The average Bonchev–Trinajstić information content (AvgIpc) is 2.39. The Hall–Kier alpha value is -0.870. The van der Waals surface area contributed by atoms with Crippen molar-refractivity contribution in [1.82, 2.24) is 0 Å². The van der Waals surface area contributed by atoms with Crippen LogP contribution in [0.5, 0.6) is 0 Å². The van der Waals surface area contributed by atoms with Gasteiger partial charge in [0.15, 0.2) is 0 Å². The Morgan fingerprint density at radius 2 is 1.87 bits per heavy atom. The van der Waals surface area contributed by atoms with Crippen molar-refractivity contribution in [1.29, 1.82) is 0 Å². The zero-order valence-corrected chi connectivity index (χ0v) is 14.1. The van der Waals surface area contributed by atoms with Gasteiger partial charge in [0, 0.05) is 25.2 Å². The Kier molecular flexibility index (Phi) is 3.80. The highest BCUT2D eigenvalue weighted by Crippen LogP contribution is 2.60. The molecule has 0 radical (unpaired) electrons. The van der Waals surface area contributed by atoms with Gasteiger partial charge in [-0.2, -0.15) is 0 Å². The van der Waals surface area contributed by atoms with Gasteiger partial charge in [0.2, 0.25) is 0 Å². The maximum absolute atomic E-state index is 12.1. The Morgan fingerprint density at radius 1 is 1.22 bits per heavy atom. The predicted molar refractivity (Wildman–Crippen MR) is 86.0 cm³/mol. The summed E-state index contributed by atoms with van der Waals surface area (Å²) in [5, 5.41) is 0. The van der Waals surface area contributed by atoms with Crippen LogP contribution >= 0.6 is 0 Å². The van der Waals surface area contributed by atoms with Crippen molar-refractivity contribution in [3.05, 3.63) is 12.2 Å². The molecule has 1 aliphatic heterocycles. The zero-order valence-electron chi connectivity index (χ0n) is 14.1. The molecule has 0 aromatic carbocycles. The number of carbonyl (C=O) groups is 1. The molecule has 4 saturated carbocycles. The Balaban J connectivity index is 1.44. The van der Waals surface area contributed by atoms with Crippen LogP contribution in [0.4, 0.5) is 0 Å². The lowest BCUT2D eigenvalue weighted by Gasteiger charge is -2.60. The number of carbonyl (C=O) groups excluding carboxylic acids is 1. The summed E-state index contributed by atoms with van der Waals surface area (Å²) in [6.45, 7) is 7.14. The Bertz CT molecular complexity index is 493. The van der Waals surface area contributed by atoms with Crippen molar-refractivity contribution in [3.63, 3.8) is 0 Å². The van der Waals surface area contributed by atoms with Crippen LogP contribution in [0.15, 0.2) is 12.2 Å². The van der Waals surface area contributed by atoms with Crippen molar-refractivity contribution in [2.24, 2.45) is 11.8 Å². The summed E-state index contributed by atoms with van der Waals surface area (Å²) in [5.74, 6) is 1.06. The summed E-state index contributed by atoms with van der Waals surface area (Å²) < 4.78 is 17.9. The van der Waals surface area contributed by atoms with E-state index in [4.69, 9.17) is 14.2 Å². The molecule has 5 fully saturated rings. The molecule has 4 aliphatic carbocycles. The van der Waals surface area contributed by atoms with Crippen LogP contribution in [0, 0.1) is 11.8 Å². The third kappa shape index (κ3) is 2.96. The summed E-state index contributed by atoms with van der Waals surface area (Å²) in [5.41, 5.74) is 0.133. The molecule has 3 unspecified atom stereocenters. The lowest BCUT2D eigenvalue weighted by molar-refractivity contribution is -0.234. The third-order valence-electron chi connectivity index (χ3n) is 6.25. The molecule has 23 heavy (non-hydrogen) atoms. The van der Waals surface area contributed by atoms with Gasteiger partial charge in [-0.15, -0.1) is 0 Å². The normalized spacial score (nSPS) is 44.0.